The largest absolute Gasteiger partial charge is 0.508 e. The molecule has 3 rings (SSSR count). The van der Waals surface area contributed by atoms with Gasteiger partial charge in [-0.05, 0) is 37.3 Å². The number of aromatic nitrogens is 2. The van der Waals surface area contributed by atoms with Crippen LogP contribution in [0.1, 0.15) is 6.92 Å². The third kappa shape index (κ3) is 3.10. The average molecular weight is 363 g/mol. The van der Waals surface area contributed by atoms with Gasteiger partial charge < -0.3 is 15.6 Å². The number of phenolic OH excluding ortho intramolecular Hbond substituents is 1. The molecule has 1 aliphatic heterocycles. The van der Waals surface area contributed by atoms with Crippen molar-refractivity contribution in [1.29, 1.82) is 0 Å². The lowest BCUT2D eigenvalue weighted by Crippen LogP contribution is -2.24. The Hall–Kier alpha value is -3.74. The summed E-state index contributed by atoms with van der Waals surface area (Å²) in [6.07, 6.45) is 6.78. The van der Waals surface area contributed by atoms with Gasteiger partial charge in [0, 0.05) is 17.5 Å². The van der Waals surface area contributed by atoms with Crippen LogP contribution in [0.25, 0.3) is 0 Å². The molecule has 0 unspecified atom stereocenters. The minimum Gasteiger partial charge on any atom is -0.508 e. The Balaban J connectivity index is 2.17. The molecule has 7 heteroatoms. The molecule has 3 N–H and O–H groups in total. The number of hydrogen-bond donors (Lipinski definition) is 2. The van der Waals surface area contributed by atoms with Crippen LogP contribution in [-0.2, 0) is 4.74 Å². The molecule has 0 aliphatic carbocycles. The number of benzene rings is 1. The summed E-state index contributed by atoms with van der Waals surface area (Å²) in [7, 11) is 1.58. The number of methoxy groups -OCH3 is 1. The molecule has 0 fully saturated rings. The summed E-state index contributed by atoms with van der Waals surface area (Å²) in [6.45, 7) is 9.89. The van der Waals surface area contributed by atoms with E-state index in [4.69, 9.17) is 10.5 Å². The Morgan fingerprint density at radius 1 is 1.26 bits per heavy atom. The lowest BCUT2D eigenvalue weighted by molar-refractivity contribution is 0.306. The predicted molar refractivity (Wildman–Crippen MR) is 107 cm³/mol. The van der Waals surface area contributed by atoms with Gasteiger partial charge in [-0.1, -0.05) is 19.2 Å². The van der Waals surface area contributed by atoms with Crippen molar-refractivity contribution in [2.75, 3.05) is 22.6 Å². The van der Waals surface area contributed by atoms with Crippen LogP contribution in [0.15, 0.2) is 79.3 Å². The molecule has 138 valence electrons. The van der Waals surface area contributed by atoms with E-state index in [0.29, 0.717) is 28.9 Å². The average Bonchev–Trinajstić information content (AvgIpc) is 2.97. The number of aromatic hydroxyl groups is 1. The highest BCUT2D eigenvalue weighted by Crippen LogP contribution is 2.48. The molecule has 0 saturated heterocycles. The number of phenols is 1. The van der Waals surface area contributed by atoms with E-state index in [1.54, 1.807) is 37.5 Å². The van der Waals surface area contributed by atoms with Crippen LogP contribution < -0.4 is 15.5 Å². The summed E-state index contributed by atoms with van der Waals surface area (Å²) in [6, 6.07) is 6.75. The second kappa shape index (κ2) is 7.25. The molecule has 27 heavy (non-hydrogen) atoms. The molecule has 1 aliphatic rings. The predicted octanol–water partition coefficient (Wildman–Crippen LogP) is 3.81. The number of hydrogen-bond acceptors (Lipinski definition) is 7. The minimum absolute atomic E-state index is 0.172. The van der Waals surface area contributed by atoms with E-state index >= 15 is 0 Å². The van der Waals surface area contributed by atoms with Crippen molar-refractivity contribution in [3.05, 3.63) is 79.3 Å². The Morgan fingerprint density at radius 3 is 2.56 bits per heavy atom. The van der Waals surface area contributed by atoms with Crippen molar-refractivity contribution in [2.45, 2.75) is 6.92 Å². The molecule has 0 spiro atoms. The maximum atomic E-state index is 9.61. The fourth-order valence-corrected chi connectivity index (χ4v) is 2.89. The van der Waals surface area contributed by atoms with E-state index in [-0.39, 0.29) is 5.75 Å². The highest BCUT2D eigenvalue weighted by Gasteiger charge is 2.36. The zero-order chi connectivity index (χ0) is 19.6. The minimum atomic E-state index is 0.172. The number of allylic oxidation sites excluding steroid dienone is 3. The SMILES string of the molecule is C=CC(=CC(=CC)N1C(=C)N(c2ccc(O)cc2)c2c(N)ncnc21)OC. The van der Waals surface area contributed by atoms with Crippen molar-refractivity contribution in [1.82, 2.24) is 9.97 Å². The van der Waals surface area contributed by atoms with E-state index in [1.807, 2.05) is 28.9 Å². The first-order valence-electron chi connectivity index (χ1n) is 8.25. The molecule has 2 heterocycles. The van der Waals surface area contributed by atoms with Gasteiger partial charge >= 0.3 is 0 Å². The van der Waals surface area contributed by atoms with Crippen LogP contribution in [0, 0.1) is 0 Å². The first-order valence-corrected chi connectivity index (χ1v) is 8.25. The van der Waals surface area contributed by atoms with Gasteiger partial charge in [-0.15, -0.1) is 0 Å². The highest BCUT2D eigenvalue weighted by atomic mass is 16.5. The molecule has 0 saturated carbocycles. The van der Waals surface area contributed by atoms with Gasteiger partial charge in [-0.3, -0.25) is 9.80 Å². The summed E-state index contributed by atoms with van der Waals surface area (Å²) in [5, 5.41) is 9.61. The zero-order valence-corrected chi connectivity index (χ0v) is 15.3. The van der Waals surface area contributed by atoms with Gasteiger partial charge in [0.05, 0.1) is 7.11 Å². The number of rotatable bonds is 5. The Kier molecular flexibility index (Phi) is 4.85. The third-order valence-corrected chi connectivity index (χ3v) is 4.17. The number of anilines is 4. The third-order valence-electron chi connectivity index (χ3n) is 4.17. The van der Waals surface area contributed by atoms with Gasteiger partial charge in [0.15, 0.2) is 11.6 Å². The summed E-state index contributed by atoms with van der Waals surface area (Å²) >= 11 is 0. The molecule has 1 aromatic heterocycles. The topological polar surface area (TPSA) is 87.7 Å². The fourth-order valence-electron chi connectivity index (χ4n) is 2.89. The van der Waals surface area contributed by atoms with Crippen LogP contribution in [0.2, 0.25) is 0 Å². The highest BCUT2D eigenvalue weighted by molar-refractivity contribution is 5.93. The maximum absolute atomic E-state index is 9.61. The van der Waals surface area contributed by atoms with Crippen LogP contribution in [0.4, 0.5) is 23.0 Å². The first-order chi connectivity index (χ1) is 13.0. The Bertz CT molecular complexity index is 947. The molecule has 0 atom stereocenters. The zero-order valence-electron chi connectivity index (χ0n) is 15.3. The lowest BCUT2D eigenvalue weighted by Gasteiger charge is -2.24. The summed E-state index contributed by atoms with van der Waals surface area (Å²) in [4.78, 5) is 12.3. The molecule has 0 amide bonds. The molecular formula is C20H21N5O2. The first kappa shape index (κ1) is 18.1. The molecule has 0 bridgehead atoms. The molecule has 2 aromatic rings. The van der Waals surface area contributed by atoms with Gasteiger partial charge in [-0.2, -0.15) is 0 Å². The maximum Gasteiger partial charge on any atom is 0.168 e. The molecular weight excluding hydrogens is 342 g/mol. The molecule has 1 aromatic carbocycles. The van der Waals surface area contributed by atoms with Gasteiger partial charge in [-0.25, -0.2) is 9.97 Å². The van der Waals surface area contributed by atoms with E-state index in [0.717, 1.165) is 11.4 Å². The second-order valence-corrected chi connectivity index (χ2v) is 5.70. The quantitative estimate of drug-likeness (QED) is 0.617. The van der Waals surface area contributed by atoms with Crippen molar-refractivity contribution in [3.63, 3.8) is 0 Å². The van der Waals surface area contributed by atoms with Crippen molar-refractivity contribution in [3.8, 4) is 5.75 Å². The van der Waals surface area contributed by atoms with E-state index in [1.165, 1.54) is 6.33 Å². The summed E-state index contributed by atoms with van der Waals surface area (Å²) in [5.74, 6) is 2.32. The number of nitrogens with two attached hydrogens (primary N) is 1. The number of nitrogen functional groups attached to an aromatic ring is 1. The van der Waals surface area contributed by atoms with E-state index in [9.17, 15) is 5.11 Å². The van der Waals surface area contributed by atoms with Crippen LogP contribution in [-0.4, -0.2) is 22.2 Å². The van der Waals surface area contributed by atoms with E-state index in [2.05, 4.69) is 23.1 Å². The molecule has 0 radical (unpaired) electrons. The van der Waals surface area contributed by atoms with Crippen LogP contribution in [0.5, 0.6) is 5.75 Å². The van der Waals surface area contributed by atoms with Crippen molar-refractivity contribution < 1.29 is 9.84 Å². The second-order valence-electron chi connectivity index (χ2n) is 5.70. The Labute approximate surface area is 158 Å². The van der Waals surface area contributed by atoms with Gasteiger partial charge in [0.2, 0.25) is 0 Å². The normalized spacial score (nSPS) is 14.4. The van der Waals surface area contributed by atoms with Crippen LogP contribution >= 0.6 is 0 Å². The van der Waals surface area contributed by atoms with Gasteiger partial charge in [0.1, 0.15) is 29.3 Å². The fraction of sp³-hybridized carbons (Fsp3) is 0.100. The monoisotopic (exact) mass is 363 g/mol. The summed E-state index contributed by atoms with van der Waals surface area (Å²) < 4.78 is 5.31. The Morgan fingerprint density at radius 2 is 1.96 bits per heavy atom. The van der Waals surface area contributed by atoms with Gasteiger partial charge in [0.25, 0.3) is 0 Å². The van der Waals surface area contributed by atoms with Crippen LogP contribution in [0.3, 0.4) is 0 Å². The summed E-state index contributed by atoms with van der Waals surface area (Å²) in [5.41, 5.74) is 8.35. The smallest absolute Gasteiger partial charge is 0.168 e. The lowest BCUT2D eigenvalue weighted by atomic mass is 10.2. The van der Waals surface area contributed by atoms with Crippen molar-refractivity contribution >= 4 is 23.0 Å². The standard InChI is InChI=1S/C20H21N5O2/c1-5-14(11-17(6-2)27-4)25-13(3)24(15-7-9-16(26)10-8-15)18-19(21)22-12-23-20(18)25/h5-12,26H,2-3H2,1,4H3,(H2,21,22,23). The number of fused-ring (bicyclic) bond motifs is 1. The van der Waals surface area contributed by atoms with Crippen molar-refractivity contribution in [2.24, 2.45) is 0 Å². The number of ether oxygens (including phenoxy) is 1. The van der Waals surface area contributed by atoms with E-state index < -0.39 is 0 Å². The number of nitrogens with zero attached hydrogens (tertiary/aromatic N) is 4. The molecule has 7 nitrogen and oxygen atoms in total.